The Hall–Kier alpha value is -1.20. The topological polar surface area (TPSA) is 41.4 Å². The van der Waals surface area contributed by atoms with Crippen LogP contribution in [0.5, 0.6) is 0 Å². The van der Waals surface area contributed by atoms with E-state index in [1.807, 2.05) is 0 Å². The van der Waals surface area contributed by atoms with Crippen molar-refractivity contribution in [2.75, 3.05) is 32.7 Å². The summed E-state index contributed by atoms with van der Waals surface area (Å²) in [5.41, 5.74) is 0.0156. The molecule has 3 rings (SSSR count). The van der Waals surface area contributed by atoms with Crippen LogP contribution in [0.1, 0.15) is 38.5 Å². The van der Waals surface area contributed by atoms with Gasteiger partial charge < -0.3 is 4.90 Å². The van der Waals surface area contributed by atoms with Crippen LogP contribution in [0.4, 0.5) is 0 Å². The normalized spacial score (nSPS) is 24.5. The van der Waals surface area contributed by atoms with E-state index in [1.165, 1.54) is 64.7 Å². The van der Waals surface area contributed by atoms with Crippen molar-refractivity contribution in [1.82, 2.24) is 19.6 Å². The molecule has 5 heteroatoms. The van der Waals surface area contributed by atoms with E-state index in [2.05, 4.69) is 14.9 Å². The highest BCUT2D eigenvalue weighted by Crippen LogP contribution is 2.18. The zero-order valence-corrected chi connectivity index (χ0v) is 13.5. The van der Waals surface area contributed by atoms with Crippen molar-refractivity contribution in [3.05, 3.63) is 28.7 Å². The van der Waals surface area contributed by atoms with Gasteiger partial charge in [0.15, 0.2) is 0 Å². The van der Waals surface area contributed by atoms with Crippen molar-refractivity contribution in [3.8, 4) is 0 Å². The van der Waals surface area contributed by atoms with Crippen LogP contribution in [0.25, 0.3) is 0 Å². The summed E-state index contributed by atoms with van der Waals surface area (Å²) >= 11 is 0. The highest BCUT2D eigenvalue weighted by Gasteiger charge is 2.25. The van der Waals surface area contributed by atoms with Crippen molar-refractivity contribution in [2.24, 2.45) is 0 Å². The lowest BCUT2D eigenvalue weighted by Gasteiger charge is -2.28. The highest BCUT2D eigenvalue weighted by atomic mass is 16.1. The van der Waals surface area contributed by atoms with E-state index < -0.39 is 0 Å². The Morgan fingerprint density at radius 2 is 1.86 bits per heavy atom. The fourth-order valence-corrected chi connectivity index (χ4v) is 3.75. The molecule has 2 fully saturated rings. The lowest BCUT2D eigenvalue weighted by Crippen LogP contribution is -2.41. The van der Waals surface area contributed by atoms with Gasteiger partial charge >= 0.3 is 0 Å². The second-order valence-corrected chi connectivity index (χ2v) is 6.63. The first-order valence-corrected chi connectivity index (χ1v) is 8.81. The molecule has 1 aromatic rings. The molecule has 1 aromatic heterocycles. The molecule has 2 aliphatic rings. The van der Waals surface area contributed by atoms with Crippen LogP contribution in [0.3, 0.4) is 0 Å². The summed E-state index contributed by atoms with van der Waals surface area (Å²) in [6.45, 7) is 6.73. The number of hydrogen-bond acceptors (Lipinski definition) is 4. The fraction of sp³-hybridized carbons (Fsp3) is 0.765. The van der Waals surface area contributed by atoms with E-state index in [1.54, 1.807) is 23.0 Å². The number of rotatable bonds is 5. The molecule has 5 nitrogen and oxygen atoms in total. The van der Waals surface area contributed by atoms with Crippen molar-refractivity contribution in [1.29, 1.82) is 0 Å². The van der Waals surface area contributed by atoms with Gasteiger partial charge in [-0.3, -0.25) is 9.69 Å². The van der Waals surface area contributed by atoms with Crippen LogP contribution in [0, 0.1) is 0 Å². The van der Waals surface area contributed by atoms with Gasteiger partial charge in [0.05, 0.1) is 6.54 Å². The van der Waals surface area contributed by atoms with Crippen LogP contribution in [-0.2, 0) is 6.54 Å². The summed E-state index contributed by atoms with van der Waals surface area (Å²) in [7, 11) is 0. The van der Waals surface area contributed by atoms with Crippen LogP contribution in [-0.4, -0.2) is 58.3 Å². The Kier molecular flexibility index (Phi) is 5.62. The standard InChI is InChI=1S/C17H28N4O/c22-17-8-5-9-18-21(17)15-16-7-6-12-20(16)14-13-19-10-3-1-2-4-11-19/h5,8-9,16H,1-4,6-7,10-15H2. The second-order valence-electron chi connectivity index (χ2n) is 6.63. The molecule has 3 heterocycles. The van der Waals surface area contributed by atoms with Gasteiger partial charge in [0.25, 0.3) is 5.56 Å². The molecule has 1 atom stereocenters. The first-order chi connectivity index (χ1) is 10.8. The van der Waals surface area contributed by atoms with Gasteiger partial charge in [-0.25, -0.2) is 4.68 Å². The van der Waals surface area contributed by atoms with Gasteiger partial charge in [0, 0.05) is 31.4 Å². The molecular formula is C17H28N4O. The molecule has 0 amide bonds. The van der Waals surface area contributed by atoms with Crippen LogP contribution in [0.15, 0.2) is 23.1 Å². The lowest BCUT2D eigenvalue weighted by atomic mass is 10.2. The van der Waals surface area contributed by atoms with E-state index >= 15 is 0 Å². The predicted octanol–water partition coefficient (Wildman–Crippen LogP) is 1.58. The second kappa shape index (κ2) is 7.88. The lowest BCUT2D eigenvalue weighted by molar-refractivity contribution is 0.182. The van der Waals surface area contributed by atoms with E-state index in [-0.39, 0.29) is 5.56 Å². The van der Waals surface area contributed by atoms with E-state index in [4.69, 9.17) is 0 Å². The molecule has 122 valence electrons. The molecule has 1 unspecified atom stereocenters. The van der Waals surface area contributed by atoms with E-state index in [0.717, 1.165) is 13.1 Å². The minimum Gasteiger partial charge on any atom is -0.302 e. The Bertz CT molecular complexity index is 507. The maximum absolute atomic E-state index is 11.8. The van der Waals surface area contributed by atoms with Gasteiger partial charge in [-0.2, -0.15) is 5.10 Å². The summed E-state index contributed by atoms with van der Waals surface area (Å²) in [5.74, 6) is 0. The minimum absolute atomic E-state index is 0.0156. The third kappa shape index (κ3) is 4.17. The van der Waals surface area contributed by atoms with Crippen LogP contribution >= 0.6 is 0 Å². The van der Waals surface area contributed by atoms with E-state index in [9.17, 15) is 4.79 Å². The number of likely N-dealkylation sites (tertiary alicyclic amines) is 2. The first-order valence-electron chi connectivity index (χ1n) is 8.81. The summed E-state index contributed by atoms with van der Waals surface area (Å²) in [5, 5.41) is 4.21. The SMILES string of the molecule is O=c1cccnn1CC1CCCN1CCN1CCCCCC1. The van der Waals surface area contributed by atoms with Crippen LogP contribution < -0.4 is 5.56 Å². The van der Waals surface area contributed by atoms with Gasteiger partial charge in [-0.05, 0) is 51.4 Å². The largest absolute Gasteiger partial charge is 0.302 e. The molecule has 0 aliphatic carbocycles. The molecule has 0 bridgehead atoms. The molecular weight excluding hydrogens is 276 g/mol. The summed E-state index contributed by atoms with van der Waals surface area (Å²) in [4.78, 5) is 17.0. The van der Waals surface area contributed by atoms with Gasteiger partial charge in [-0.1, -0.05) is 12.8 Å². The predicted molar refractivity (Wildman–Crippen MR) is 88.0 cm³/mol. The van der Waals surface area contributed by atoms with Crippen LogP contribution in [0.2, 0.25) is 0 Å². The molecule has 0 spiro atoms. The van der Waals surface area contributed by atoms with Crippen molar-refractivity contribution >= 4 is 0 Å². The summed E-state index contributed by atoms with van der Waals surface area (Å²) in [6, 6.07) is 3.79. The average molecular weight is 304 g/mol. The molecule has 0 N–H and O–H groups in total. The molecule has 2 saturated heterocycles. The fourth-order valence-electron chi connectivity index (χ4n) is 3.75. The molecule has 0 saturated carbocycles. The maximum Gasteiger partial charge on any atom is 0.266 e. The molecule has 0 radical (unpaired) electrons. The van der Waals surface area contributed by atoms with Crippen molar-refractivity contribution in [2.45, 2.75) is 51.1 Å². The minimum atomic E-state index is 0.0156. The smallest absolute Gasteiger partial charge is 0.266 e. The van der Waals surface area contributed by atoms with Gasteiger partial charge in [-0.15, -0.1) is 0 Å². The van der Waals surface area contributed by atoms with Crippen molar-refractivity contribution < 1.29 is 0 Å². The Balaban J connectivity index is 1.52. The zero-order chi connectivity index (χ0) is 15.2. The monoisotopic (exact) mass is 304 g/mol. The van der Waals surface area contributed by atoms with Gasteiger partial charge in [0.1, 0.15) is 0 Å². The molecule has 0 aromatic carbocycles. The van der Waals surface area contributed by atoms with Crippen molar-refractivity contribution in [3.63, 3.8) is 0 Å². The quantitative estimate of drug-likeness (QED) is 0.828. The zero-order valence-electron chi connectivity index (χ0n) is 13.5. The number of nitrogens with zero attached hydrogens (tertiary/aromatic N) is 4. The Morgan fingerprint density at radius 1 is 1.05 bits per heavy atom. The summed E-state index contributed by atoms with van der Waals surface area (Å²) < 4.78 is 1.62. The number of hydrogen-bond donors (Lipinski definition) is 0. The van der Waals surface area contributed by atoms with E-state index in [0.29, 0.717) is 6.04 Å². The third-order valence-electron chi connectivity index (χ3n) is 5.07. The maximum atomic E-state index is 11.8. The third-order valence-corrected chi connectivity index (χ3v) is 5.07. The highest BCUT2D eigenvalue weighted by molar-refractivity contribution is 4.87. The summed E-state index contributed by atoms with van der Waals surface area (Å²) in [6.07, 6.45) is 9.63. The number of aromatic nitrogens is 2. The van der Waals surface area contributed by atoms with Gasteiger partial charge in [0.2, 0.25) is 0 Å². The molecule has 22 heavy (non-hydrogen) atoms. The first kappa shape index (κ1) is 15.7. The average Bonchev–Trinajstić information content (AvgIpc) is 2.80. The Labute approximate surface area is 132 Å². The molecule has 2 aliphatic heterocycles. The Morgan fingerprint density at radius 3 is 2.64 bits per heavy atom.